The average molecular weight is 683 g/mol. The van der Waals surface area contributed by atoms with Crippen molar-refractivity contribution in [1.82, 2.24) is 0 Å². The molecular formula is C42H61N2OScSi. The van der Waals surface area contributed by atoms with Crippen molar-refractivity contribution in [1.29, 1.82) is 0 Å². The number of benzene rings is 3. The minimum absolute atomic E-state index is 0.0118. The Hall–Kier alpha value is -2.37. The molecule has 3 nitrogen and oxygen atoms in total. The van der Waals surface area contributed by atoms with Crippen LogP contribution < -0.4 is 19.7 Å². The summed E-state index contributed by atoms with van der Waals surface area (Å²) < 4.78 is 10.7. The summed E-state index contributed by atoms with van der Waals surface area (Å²) in [6.07, 6.45) is 0. The van der Waals surface area contributed by atoms with Crippen molar-refractivity contribution < 1.29 is 26.2 Å². The molecule has 0 radical (unpaired) electrons. The summed E-state index contributed by atoms with van der Waals surface area (Å²) in [6.45, 7) is 21.7. The molecule has 0 aromatic heterocycles. The van der Waals surface area contributed by atoms with Crippen LogP contribution in [0.3, 0.4) is 0 Å². The van der Waals surface area contributed by atoms with Crippen LogP contribution in [0.4, 0.5) is 11.4 Å². The van der Waals surface area contributed by atoms with Gasteiger partial charge in [0.05, 0.1) is 0 Å². The van der Waals surface area contributed by atoms with Crippen molar-refractivity contribution >= 4 is 24.6 Å². The SMILES string of the molecule is CC[Si](CC)(C1=C(C)C(C)=[C]([Sc]([CH2]c2ccccc2N(C)C)[CH2]c2ccccc2N(C)C)C1C)c1cc(C)cc(C(C)(C)C)c1OC. The Labute approximate surface area is 296 Å². The molecule has 3 aromatic carbocycles. The summed E-state index contributed by atoms with van der Waals surface area (Å²) in [5, 5.41) is 3.29. The number of allylic oxidation sites excluding steroid dienone is 4. The van der Waals surface area contributed by atoms with E-state index in [4.69, 9.17) is 4.74 Å². The van der Waals surface area contributed by atoms with Gasteiger partial charge in [0.25, 0.3) is 0 Å². The van der Waals surface area contributed by atoms with Gasteiger partial charge in [-0.05, 0) is 0 Å². The van der Waals surface area contributed by atoms with Crippen molar-refractivity contribution in [2.45, 2.75) is 88.2 Å². The van der Waals surface area contributed by atoms with E-state index in [0.717, 1.165) is 5.75 Å². The normalized spacial score (nSPS) is 15.4. The van der Waals surface area contributed by atoms with Crippen molar-refractivity contribution in [3.63, 3.8) is 0 Å². The molecular weight excluding hydrogens is 622 g/mol. The molecule has 0 saturated heterocycles. The first-order valence-electron chi connectivity index (χ1n) is 17.7. The second-order valence-corrected chi connectivity index (χ2v) is 24.5. The van der Waals surface area contributed by atoms with E-state index in [1.165, 1.54) is 59.3 Å². The molecule has 0 amide bonds. The Bertz CT molecular complexity index is 1590. The van der Waals surface area contributed by atoms with Gasteiger partial charge in [-0.15, -0.1) is 0 Å². The zero-order chi connectivity index (χ0) is 34.8. The maximum absolute atomic E-state index is 6.43. The molecule has 0 aliphatic heterocycles. The molecule has 0 saturated carbocycles. The molecule has 4 rings (SSSR count). The third-order valence-electron chi connectivity index (χ3n) is 11.1. The van der Waals surface area contributed by atoms with Gasteiger partial charge in [0.2, 0.25) is 0 Å². The molecule has 47 heavy (non-hydrogen) atoms. The standard InChI is InChI=1S/C24H37OSi.2C9H12N.Sc/c1-11-26(12-2,23-18(5)15-17(4)19(23)6)21-14-16(3)13-20(22(21)25-10)24(7,8)9;2*1-8-6-4-5-7-9(8)10(2)3;/h13-14,18H,11-12H2,1-10H3;2*4-7H,1H2,2-3H3;. The molecule has 3 aromatic rings. The number of anilines is 2. The van der Waals surface area contributed by atoms with Crippen LogP contribution in [0.25, 0.3) is 0 Å². The van der Waals surface area contributed by atoms with Gasteiger partial charge in [0.1, 0.15) is 0 Å². The first-order chi connectivity index (χ1) is 22.1. The Balaban J connectivity index is 1.92. The van der Waals surface area contributed by atoms with Gasteiger partial charge in [-0.25, -0.2) is 0 Å². The van der Waals surface area contributed by atoms with Gasteiger partial charge >= 0.3 is 298 Å². The van der Waals surface area contributed by atoms with Crippen molar-refractivity contribution in [2.75, 3.05) is 45.1 Å². The van der Waals surface area contributed by atoms with Gasteiger partial charge < -0.3 is 0 Å². The van der Waals surface area contributed by atoms with E-state index in [0.29, 0.717) is 5.92 Å². The Kier molecular flexibility index (Phi) is 12.0. The van der Waals surface area contributed by atoms with Crippen molar-refractivity contribution in [3.05, 3.63) is 103 Å². The van der Waals surface area contributed by atoms with Crippen molar-refractivity contribution in [2.24, 2.45) is 5.92 Å². The fourth-order valence-corrected chi connectivity index (χ4v) is 20.7. The third kappa shape index (κ3) is 7.32. The second-order valence-electron chi connectivity index (χ2n) is 15.4. The number of rotatable bonds is 12. The molecule has 1 aliphatic carbocycles. The molecule has 1 unspecified atom stereocenters. The number of para-hydroxylation sites is 2. The van der Waals surface area contributed by atoms with Crippen LogP contribution in [0.1, 0.15) is 77.6 Å². The third-order valence-corrected chi connectivity index (χ3v) is 22.5. The van der Waals surface area contributed by atoms with E-state index >= 15 is 0 Å². The van der Waals surface area contributed by atoms with E-state index in [-0.39, 0.29) is 5.41 Å². The van der Waals surface area contributed by atoms with E-state index in [9.17, 15) is 0 Å². The van der Waals surface area contributed by atoms with Crippen LogP contribution in [0, 0.1) is 12.8 Å². The van der Waals surface area contributed by atoms with Crippen LogP contribution in [-0.2, 0) is 35.2 Å². The van der Waals surface area contributed by atoms with Gasteiger partial charge in [-0.3, -0.25) is 0 Å². The van der Waals surface area contributed by atoms with Crippen LogP contribution in [0.2, 0.25) is 12.1 Å². The van der Waals surface area contributed by atoms with Gasteiger partial charge in [-0.1, -0.05) is 0 Å². The van der Waals surface area contributed by atoms with Gasteiger partial charge in [-0.2, -0.15) is 0 Å². The minimum atomic E-state index is -2.22. The number of nitrogens with zero attached hydrogens (tertiary/aromatic N) is 2. The Morgan fingerprint density at radius 1 is 0.766 bits per heavy atom. The fourth-order valence-electron chi connectivity index (χ4n) is 8.78. The molecule has 0 N–H and O–H groups in total. The molecule has 1 atom stereocenters. The second kappa shape index (κ2) is 15.0. The maximum atomic E-state index is 6.43. The van der Waals surface area contributed by atoms with E-state index in [1.54, 1.807) is 16.3 Å². The summed E-state index contributed by atoms with van der Waals surface area (Å²) in [5.41, 5.74) is 11.6. The predicted molar refractivity (Wildman–Crippen MR) is 206 cm³/mol. The molecule has 0 spiro atoms. The number of hydrogen-bond acceptors (Lipinski definition) is 3. The molecule has 0 heterocycles. The molecule has 0 bridgehead atoms. The average Bonchev–Trinajstić information content (AvgIpc) is 3.25. The number of aryl methyl sites for hydroxylation is 1. The first kappa shape index (κ1) is 37.4. The number of hydrogen-bond donors (Lipinski definition) is 0. The molecule has 1 aliphatic rings. The monoisotopic (exact) mass is 682 g/mol. The summed E-state index contributed by atoms with van der Waals surface area (Å²) in [6, 6.07) is 25.5. The number of methoxy groups -OCH3 is 1. The van der Waals surface area contributed by atoms with Crippen LogP contribution in [0.5, 0.6) is 5.75 Å². The fraction of sp³-hybridized carbons (Fsp3) is 0.476. The predicted octanol–water partition coefficient (Wildman–Crippen LogP) is 9.93. The quantitative estimate of drug-likeness (QED) is 0.177. The zero-order valence-electron chi connectivity index (χ0n) is 32.1. The van der Waals surface area contributed by atoms with Crippen LogP contribution in [0.15, 0.2) is 80.3 Å². The van der Waals surface area contributed by atoms with Crippen molar-refractivity contribution in [3.8, 4) is 5.75 Å². The Morgan fingerprint density at radius 2 is 1.26 bits per heavy atom. The van der Waals surface area contributed by atoms with Crippen LogP contribution in [-0.4, -0.2) is 43.4 Å². The summed E-state index contributed by atoms with van der Waals surface area (Å²) in [7, 11) is 8.51. The van der Waals surface area contributed by atoms with Gasteiger partial charge in [0.15, 0.2) is 0 Å². The zero-order valence-corrected chi connectivity index (χ0v) is 34.9. The molecule has 0 fully saturated rings. The summed E-state index contributed by atoms with van der Waals surface area (Å²) in [4.78, 5) is 4.61. The van der Waals surface area contributed by atoms with E-state index < -0.39 is 29.5 Å². The van der Waals surface area contributed by atoms with Gasteiger partial charge in [0, 0.05) is 0 Å². The van der Waals surface area contributed by atoms with E-state index in [1.807, 2.05) is 10.4 Å². The molecule has 252 valence electrons. The summed E-state index contributed by atoms with van der Waals surface area (Å²) in [5.74, 6) is 1.61. The van der Waals surface area contributed by atoms with Crippen LogP contribution >= 0.6 is 0 Å². The number of ether oxygens (including phenoxy) is 1. The first-order valence-corrected chi connectivity index (χ1v) is 23.6. The Morgan fingerprint density at radius 3 is 1.68 bits per heavy atom. The topological polar surface area (TPSA) is 15.7 Å². The van der Waals surface area contributed by atoms with E-state index in [2.05, 4.69) is 161 Å². The summed E-state index contributed by atoms with van der Waals surface area (Å²) >= 11 is -2.22. The molecule has 5 heteroatoms.